The van der Waals surface area contributed by atoms with Crippen LogP contribution in [-0.2, 0) is 5.41 Å². The van der Waals surface area contributed by atoms with E-state index in [1.54, 1.807) is 0 Å². The lowest BCUT2D eigenvalue weighted by Crippen LogP contribution is -2.25. The van der Waals surface area contributed by atoms with Crippen molar-refractivity contribution in [3.05, 3.63) is 106 Å². The van der Waals surface area contributed by atoms with Crippen LogP contribution in [0.1, 0.15) is 103 Å². The second-order valence-corrected chi connectivity index (χ2v) is 14.1. The monoisotopic (exact) mass is 650 g/mol. The van der Waals surface area contributed by atoms with Gasteiger partial charge in [0.2, 0.25) is 0 Å². The van der Waals surface area contributed by atoms with Crippen molar-refractivity contribution in [3.63, 3.8) is 0 Å². The van der Waals surface area contributed by atoms with Crippen molar-refractivity contribution < 1.29 is 4.42 Å². The molecule has 1 heterocycles. The van der Waals surface area contributed by atoms with Gasteiger partial charge in [-0.05, 0) is 71.7 Å². The second-order valence-electron chi connectivity index (χ2n) is 14.1. The summed E-state index contributed by atoms with van der Waals surface area (Å²) in [5, 5.41) is 1.52. The number of unbranched alkanes of at least 4 members (excludes halogenated alkanes) is 4. The van der Waals surface area contributed by atoms with E-state index < -0.39 is 0 Å². The minimum atomic E-state index is -0.0684. The van der Waals surface area contributed by atoms with Gasteiger partial charge >= 0.3 is 0 Å². The SMILES string of the molecule is CCCCN(CCCC)c1ccc2nc3c4ccccc4c(=O)c(-c4ccc5c(c4)C(CCCC)(CCCC)c4ccccc4-5)c-3oc2c1. The van der Waals surface area contributed by atoms with Gasteiger partial charge in [0.25, 0.3) is 0 Å². The van der Waals surface area contributed by atoms with Gasteiger partial charge < -0.3 is 9.32 Å². The van der Waals surface area contributed by atoms with Gasteiger partial charge in [-0.1, -0.05) is 127 Å². The summed E-state index contributed by atoms with van der Waals surface area (Å²) >= 11 is 0. The molecule has 0 saturated carbocycles. The molecule has 7 rings (SSSR count). The summed E-state index contributed by atoms with van der Waals surface area (Å²) in [6.45, 7) is 11.1. The van der Waals surface area contributed by atoms with E-state index in [2.05, 4.69) is 93.3 Å². The molecule has 0 fully saturated rings. The molecular formula is C45H50N2O2. The predicted molar refractivity (Wildman–Crippen MR) is 207 cm³/mol. The second kappa shape index (κ2) is 14.2. The maximum Gasteiger partial charge on any atom is 0.198 e. The zero-order valence-electron chi connectivity index (χ0n) is 29.8. The molecule has 4 heteroatoms. The van der Waals surface area contributed by atoms with Crippen LogP contribution in [0, 0.1) is 0 Å². The fraction of sp³-hybridized carbons (Fsp3) is 0.378. The summed E-state index contributed by atoms with van der Waals surface area (Å²) in [5.74, 6) is 0.574. The number of benzene rings is 5. The summed E-state index contributed by atoms with van der Waals surface area (Å²) < 4.78 is 6.89. The molecule has 0 saturated heterocycles. The molecule has 0 amide bonds. The van der Waals surface area contributed by atoms with Crippen molar-refractivity contribution in [1.82, 2.24) is 4.98 Å². The first-order valence-electron chi connectivity index (χ1n) is 18.8. The molecule has 4 nitrogen and oxygen atoms in total. The average molecular weight is 651 g/mol. The van der Waals surface area contributed by atoms with Crippen LogP contribution in [0.4, 0.5) is 5.69 Å². The summed E-state index contributed by atoms with van der Waals surface area (Å²) in [6, 6.07) is 30.0. The van der Waals surface area contributed by atoms with Crippen molar-refractivity contribution >= 4 is 27.6 Å². The lowest BCUT2D eigenvalue weighted by Gasteiger charge is -2.33. The van der Waals surface area contributed by atoms with Gasteiger partial charge in [0.1, 0.15) is 11.2 Å². The van der Waals surface area contributed by atoms with Crippen LogP contribution in [0.3, 0.4) is 0 Å². The van der Waals surface area contributed by atoms with E-state index in [0.717, 1.165) is 105 Å². The molecule has 3 aliphatic rings. The van der Waals surface area contributed by atoms with Crippen molar-refractivity contribution in [2.24, 2.45) is 0 Å². The van der Waals surface area contributed by atoms with E-state index in [1.165, 1.54) is 22.3 Å². The topological polar surface area (TPSA) is 46.3 Å². The average Bonchev–Trinajstić information content (AvgIpc) is 3.41. The van der Waals surface area contributed by atoms with Gasteiger partial charge in [-0.25, -0.2) is 4.98 Å². The smallest absolute Gasteiger partial charge is 0.198 e. The van der Waals surface area contributed by atoms with Crippen LogP contribution < -0.4 is 10.3 Å². The molecule has 1 aliphatic heterocycles. The number of hydrogen-bond donors (Lipinski definition) is 0. The Balaban J connectivity index is 1.46. The highest BCUT2D eigenvalue weighted by atomic mass is 16.3. The standard InChI is InChI=1S/C45H50N2O2/c1-5-9-25-45(26-10-6-2)37-20-16-15-17-33(37)34-23-21-31(29-38(34)45)41-43(48)36-19-14-13-18-35(36)42-44(41)49-40-30-32(22-24-39(40)46-42)47(27-11-7-3)28-12-8-4/h13-24,29-30H,5-12,25-28H2,1-4H3. The van der Waals surface area contributed by atoms with Crippen molar-refractivity contribution in [1.29, 1.82) is 0 Å². The maximum atomic E-state index is 14.6. The Hall–Kier alpha value is -4.44. The molecule has 0 unspecified atom stereocenters. The van der Waals surface area contributed by atoms with E-state index >= 15 is 0 Å². The van der Waals surface area contributed by atoms with Gasteiger partial charge in [0, 0.05) is 41.0 Å². The van der Waals surface area contributed by atoms with Gasteiger partial charge in [-0.2, -0.15) is 0 Å². The summed E-state index contributed by atoms with van der Waals surface area (Å²) in [6.07, 6.45) is 11.4. The molecular weight excluding hydrogens is 601 g/mol. The summed E-state index contributed by atoms with van der Waals surface area (Å²) in [4.78, 5) is 22.3. The van der Waals surface area contributed by atoms with Crippen LogP contribution >= 0.6 is 0 Å². The van der Waals surface area contributed by atoms with Gasteiger partial charge in [-0.15, -0.1) is 0 Å². The molecule has 0 spiro atoms. The molecule has 0 N–H and O–H groups in total. The normalized spacial score (nSPS) is 13.3. The quantitative estimate of drug-likeness (QED) is 0.0869. The van der Waals surface area contributed by atoms with Crippen LogP contribution in [0.15, 0.2) is 94.1 Å². The lowest BCUT2D eigenvalue weighted by atomic mass is 9.70. The Morgan fingerprint density at radius 1 is 0.673 bits per heavy atom. The molecule has 0 aromatic heterocycles. The molecule has 252 valence electrons. The number of fused-ring (bicyclic) bond motifs is 7. The van der Waals surface area contributed by atoms with Gasteiger partial charge in [-0.3, -0.25) is 4.79 Å². The van der Waals surface area contributed by atoms with Crippen molar-refractivity contribution in [2.75, 3.05) is 18.0 Å². The van der Waals surface area contributed by atoms with Gasteiger partial charge in [0.05, 0.1) is 5.56 Å². The van der Waals surface area contributed by atoms with Gasteiger partial charge in [0.15, 0.2) is 16.8 Å². The third kappa shape index (κ3) is 5.83. The Morgan fingerprint density at radius 2 is 1.33 bits per heavy atom. The fourth-order valence-electron chi connectivity index (χ4n) is 8.24. The number of nitrogens with zero attached hydrogens (tertiary/aromatic N) is 2. The minimum absolute atomic E-state index is 0.000139. The molecule has 4 aromatic rings. The number of aromatic nitrogens is 1. The van der Waals surface area contributed by atoms with Crippen LogP contribution in [0.25, 0.3) is 55.6 Å². The molecule has 2 aliphatic carbocycles. The molecule has 0 radical (unpaired) electrons. The van der Waals surface area contributed by atoms with Crippen LogP contribution in [-0.4, -0.2) is 18.1 Å². The molecule has 49 heavy (non-hydrogen) atoms. The first-order chi connectivity index (χ1) is 24.0. The molecule has 4 aromatic carbocycles. The third-order valence-corrected chi connectivity index (χ3v) is 10.9. The molecule has 0 atom stereocenters. The van der Waals surface area contributed by atoms with E-state index in [0.29, 0.717) is 22.3 Å². The maximum absolute atomic E-state index is 14.6. The Labute approximate surface area is 291 Å². The predicted octanol–water partition coefficient (Wildman–Crippen LogP) is 12.2. The summed E-state index contributed by atoms with van der Waals surface area (Å²) in [5.41, 5.74) is 10.3. The number of rotatable bonds is 14. The minimum Gasteiger partial charge on any atom is -0.452 e. The Morgan fingerprint density at radius 3 is 2.04 bits per heavy atom. The van der Waals surface area contributed by atoms with E-state index in [4.69, 9.17) is 9.40 Å². The highest BCUT2D eigenvalue weighted by molar-refractivity contribution is 6.03. The van der Waals surface area contributed by atoms with Crippen molar-refractivity contribution in [3.8, 4) is 33.7 Å². The van der Waals surface area contributed by atoms with E-state index in [9.17, 15) is 4.79 Å². The number of anilines is 1. The van der Waals surface area contributed by atoms with E-state index in [1.807, 2.05) is 24.3 Å². The first kappa shape index (κ1) is 33.1. The zero-order valence-corrected chi connectivity index (χ0v) is 29.8. The highest BCUT2D eigenvalue weighted by Gasteiger charge is 2.42. The largest absolute Gasteiger partial charge is 0.452 e. The van der Waals surface area contributed by atoms with E-state index in [-0.39, 0.29) is 10.8 Å². The zero-order chi connectivity index (χ0) is 34.0. The fourth-order valence-corrected chi connectivity index (χ4v) is 8.24. The summed E-state index contributed by atoms with van der Waals surface area (Å²) in [7, 11) is 0. The van der Waals surface area contributed by atoms with Crippen LogP contribution in [0.5, 0.6) is 0 Å². The molecule has 0 bridgehead atoms. The van der Waals surface area contributed by atoms with Crippen LogP contribution in [0.2, 0.25) is 0 Å². The first-order valence-corrected chi connectivity index (χ1v) is 18.8. The lowest BCUT2D eigenvalue weighted by molar-refractivity contribution is 0.414. The Kier molecular flexibility index (Phi) is 9.58. The highest BCUT2D eigenvalue weighted by Crippen LogP contribution is 2.55. The number of hydrogen-bond acceptors (Lipinski definition) is 4. The Bertz CT molecular complexity index is 2110. The third-order valence-electron chi connectivity index (χ3n) is 10.9. The van der Waals surface area contributed by atoms with Crippen molar-refractivity contribution in [2.45, 2.75) is 97.3 Å².